The molecule has 0 aliphatic heterocycles. The highest BCUT2D eigenvalue weighted by Gasteiger charge is 2.30. The Morgan fingerprint density at radius 3 is 2.35 bits per heavy atom. The van der Waals surface area contributed by atoms with E-state index in [2.05, 4.69) is 4.74 Å². The van der Waals surface area contributed by atoms with E-state index in [-0.39, 0.29) is 5.75 Å². The van der Waals surface area contributed by atoms with Crippen LogP contribution in [-0.2, 0) is 11.3 Å². The number of likely N-dealkylation sites (N-methyl/N-ethyl adjacent to an activating group) is 1. The summed E-state index contributed by atoms with van der Waals surface area (Å²) in [5.41, 5.74) is 6.20. The zero-order valence-electron chi connectivity index (χ0n) is 11.3. The van der Waals surface area contributed by atoms with Gasteiger partial charge >= 0.3 is 6.36 Å². The van der Waals surface area contributed by atoms with Gasteiger partial charge in [-0.1, -0.05) is 12.1 Å². The quantitative estimate of drug-likeness (QED) is 0.744. The average Bonchev–Trinajstić information content (AvgIpc) is 2.35. The molecule has 0 heterocycles. The molecular weight excluding hydrogens is 273 g/mol. The molecule has 4 nitrogen and oxygen atoms in total. The Morgan fingerprint density at radius 1 is 1.15 bits per heavy atom. The van der Waals surface area contributed by atoms with E-state index in [1.165, 1.54) is 12.1 Å². The SMILES string of the molecule is CN(CCOCCN)Cc1ccc(OC(F)(F)F)cc1. The number of ether oxygens (including phenoxy) is 2. The van der Waals surface area contributed by atoms with Crippen LogP contribution >= 0.6 is 0 Å². The second-order valence-corrected chi connectivity index (χ2v) is 4.33. The van der Waals surface area contributed by atoms with Crippen molar-refractivity contribution in [1.29, 1.82) is 0 Å². The summed E-state index contributed by atoms with van der Waals surface area (Å²) in [6.07, 6.45) is -4.65. The molecule has 1 aromatic rings. The van der Waals surface area contributed by atoms with Crippen LogP contribution in [0.3, 0.4) is 0 Å². The molecule has 0 radical (unpaired) electrons. The molecule has 1 aromatic carbocycles. The number of alkyl halides is 3. The number of nitrogens with zero attached hydrogens (tertiary/aromatic N) is 1. The molecule has 0 fully saturated rings. The fourth-order valence-electron chi connectivity index (χ4n) is 1.59. The van der Waals surface area contributed by atoms with E-state index in [1.807, 2.05) is 11.9 Å². The molecule has 0 bridgehead atoms. The van der Waals surface area contributed by atoms with Crippen LogP contribution in [0, 0.1) is 0 Å². The predicted molar refractivity (Wildman–Crippen MR) is 69.3 cm³/mol. The Balaban J connectivity index is 2.37. The first-order valence-electron chi connectivity index (χ1n) is 6.22. The zero-order valence-corrected chi connectivity index (χ0v) is 11.3. The van der Waals surface area contributed by atoms with Crippen LogP contribution in [0.2, 0.25) is 0 Å². The molecule has 1 rings (SSSR count). The fourth-order valence-corrected chi connectivity index (χ4v) is 1.59. The monoisotopic (exact) mass is 292 g/mol. The third-order valence-electron chi connectivity index (χ3n) is 2.49. The summed E-state index contributed by atoms with van der Waals surface area (Å²) in [7, 11) is 1.91. The van der Waals surface area contributed by atoms with Crippen LogP contribution in [-0.4, -0.2) is 44.6 Å². The standard InChI is InChI=1S/C13H19F3N2O2/c1-18(7-9-19-8-6-17)10-11-2-4-12(5-3-11)20-13(14,15)16/h2-5H,6-10,17H2,1H3. The number of halogens is 3. The third-order valence-corrected chi connectivity index (χ3v) is 2.49. The molecule has 0 saturated heterocycles. The van der Waals surface area contributed by atoms with Crippen molar-refractivity contribution in [2.24, 2.45) is 5.73 Å². The van der Waals surface area contributed by atoms with Crippen molar-refractivity contribution in [3.63, 3.8) is 0 Å². The van der Waals surface area contributed by atoms with E-state index in [4.69, 9.17) is 10.5 Å². The summed E-state index contributed by atoms with van der Waals surface area (Å²) in [5.74, 6) is -0.213. The molecule has 0 aliphatic rings. The number of benzene rings is 1. The molecule has 0 atom stereocenters. The van der Waals surface area contributed by atoms with Crippen molar-refractivity contribution < 1.29 is 22.6 Å². The van der Waals surface area contributed by atoms with Gasteiger partial charge in [-0.25, -0.2) is 0 Å². The first-order chi connectivity index (χ1) is 9.40. The van der Waals surface area contributed by atoms with Gasteiger partial charge in [0.25, 0.3) is 0 Å². The maximum Gasteiger partial charge on any atom is 0.573 e. The molecule has 0 spiro atoms. The van der Waals surface area contributed by atoms with Gasteiger partial charge in [-0.2, -0.15) is 0 Å². The average molecular weight is 292 g/mol. The van der Waals surface area contributed by atoms with Crippen LogP contribution in [0.5, 0.6) is 5.75 Å². The molecule has 20 heavy (non-hydrogen) atoms. The van der Waals surface area contributed by atoms with Crippen molar-refractivity contribution in [2.75, 3.05) is 33.4 Å². The van der Waals surface area contributed by atoms with Gasteiger partial charge in [0.1, 0.15) is 5.75 Å². The smallest absolute Gasteiger partial charge is 0.406 e. The molecule has 0 aliphatic carbocycles. The predicted octanol–water partition coefficient (Wildman–Crippen LogP) is 1.99. The molecule has 0 unspecified atom stereocenters. The van der Waals surface area contributed by atoms with E-state index in [9.17, 15) is 13.2 Å². The Hall–Kier alpha value is -1.31. The van der Waals surface area contributed by atoms with Crippen LogP contribution in [0.1, 0.15) is 5.56 Å². The minimum absolute atomic E-state index is 0.213. The van der Waals surface area contributed by atoms with Crippen molar-refractivity contribution >= 4 is 0 Å². The Bertz CT molecular complexity index is 382. The van der Waals surface area contributed by atoms with Gasteiger partial charge < -0.3 is 15.2 Å². The van der Waals surface area contributed by atoms with Gasteiger partial charge in [0.15, 0.2) is 0 Å². The third kappa shape index (κ3) is 7.32. The van der Waals surface area contributed by atoms with Crippen LogP contribution in [0.15, 0.2) is 24.3 Å². The van der Waals surface area contributed by atoms with E-state index in [1.54, 1.807) is 12.1 Å². The van der Waals surface area contributed by atoms with Crippen molar-refractivity contribution in [1.82, 2.24) is 4.90 Å². The first-order valence-corrected chi connectivity index (χ1v) is 6.22. The summed E-state index contributed by atoms with van der Waals surface area (Å²) in [5, 5.41) is 0. The summed E-state index contributed by atoms with van der Waals surface area (Å²) in [4.78, 5) is 2.01. The van der Waals surface area contributed by atoms with Crippen LogP contribution in [0.25, 0.3) is 0 Å². The van der Waals surface area contributed by atoms with Gasteiger partial charge in [0.2, 0.25) is 0 Å². The van der Waals surface area contributed by atoms with Crippen LogP contribution < -0.4 is 10.5 Å². The summed E-state index contributed by atoms with van der Waals surface area (Å²) in [6.45, 7) is 2.93. The molecular formula is C13H19F3N2O2. The van der Waals surface area contributed by atoms with Gasteiger partial charge in [0.05, 0.1) is 13.2 Å². The molecule has 7 heteroatoms. The number of rotatable bonds is 8. The number of hydrogen-bond acceptors (Lipinski definition) is 4. The van der Waals surface area contributed by atoms with E-state index in [0.29, 0.717) is 26.3 Å². The van der Waals surface area contributed by atoms with E-state index < -0.39 is 6.36 Å². The normalized spacial score (nSPS) is 11.9. The maximum absolute atomic E-state index is 12.0. The lowest BCUT2D eigenvalue weighted by molar-refractivity contribution is -0.274. The molecule has 0 saturated carbocycles. The molecule has 0 amide bonds. The topological polar surface area (TPSA) is 47.7 Å². The lowest BCUT2D eigenvalue weighted by Gasteiger charge is -2.17. The lowest BCUT2D eigenvalue weighted by Crippen LogP contribution is -2.24. The fraction of sp³-hybridized carbons (Fsp3) is 0.538. The van der Waals surface area contributed by atoms with Crippen molar-refractivity contribution in [2.45, 2.75) is 12.9 Å². The van der Waals surface area contributed by atoms with Gasteiger partial charge in [0, 0.05) is 19.6 Å². The van der Waals surface area contributed by atoms with Crippen LogP contribution in [0.4, 0.5) is 13.2 Å². The number of hydrogen-bond donors (Lipinski definition) is 1. The second-order valence-electron chi connectivity index (χ2n) is 4.33. The maximum atomic E-state index is 12.0. The molecule has 0 aromatic heterocycles. The highest BCUT2D eigenvalue weighted by atomic mass is 19.4. The first kappa shape index (κ1) is 16.7. The minimum atomic E-state index is -4.65. The minimum Gasteiger partial charge on any atom is -0.406 e. The van der Waals surface area contributed by atoms with E-state index >= 15 is 0 Å². The summed E-state index contributed by atoms with van der Waals surface area (Å²) < 4.78 is 45.1. The van der Waals surface area contributed by atoms with Gasteiger partial charge in [-0.15, -0.1) is 13.2 Å². The Labute approximate surface area is 116 Å². The molecule has 114 valence electrons. The highest BCUT2D eigenvalue weighted by molar-refractivity contribution is 5.27. The van der Waals surface area contributed by atoms with Gasteiger partial charge in [-0.3, -0.25) is 4.90 Å². The Morgan fingerprint density at radius 2 is 1.80 bits per heavy atom. The van der Waals surface area contributed by atoms with Crippen molar-refractivity contribution in [3.05, 3.63) is 29.8 Å². The Kier molecular flexibility index (Phi) is 6.77. The molecule has 2 N–H and O–H groups in total. The van der Waals surface area contributed by atoms with E-state index in [0.717, 1.165) is 12.1 Å². The second kappa shape index (κ2) is 8.08. The number of nitrogens with two attached hydrogens (primary N) is 1. The highest BCUT2D eigenvalue weighted by Crippen LogP contribution is 2.22. The lowest BCUT2D eigenvalue weighted by atomic mass is 10.2. The zero-order chi connectivity index (χ0) is 15.0. The summed E-state index contributed by atoms with van der Waals surface area (Å²) >= 11 is 0. The van der Waals surface area contributed by atoms with Gasteiger partial charge in [-0.05, 0) is 24.7 Å². The largest absolute Gasteiger partial charge is 0.573 e. The van der Waals surface area contributed by atoms with Crippen molar-refractivity contribution in [3.8, 4) is 5.75 Å². The summed E-state index contributed by atoms with van der Waals surface area (Å²) in [6, 6.07) is 5.83.